The molecule has 0 aromatic rings. The molecule has 0 aromatic carbocycles. The molecule has 54 valence electrons. The van der Waals surface area contributed by atoms with Crippen LogP contribution in [0.2, 0.25) is 0 Å². The largest absolute Gasteiger partial charge is 0.395 e. The van der Waals surface area contributed by atoms with Crippen molar-refractivity contribution in [2.24, 2.45) is 0 Å². The highest BCUT2D eigenvalue weighted by Gasteiger charge is 1.80. The van der Waals surface area contributed by atoms with Crippen molar-refractivity contribution >= 4 is 11.6 Å². The van der Waals surface area contributed by atoms with E-state index in [-0.39, 0.29) is 6.61 Å². The van der Waals surface area contributed by atoms with Gasteiger partial charge in [0.15, 0.2) is 0 Å². The summed E-state index contributed by atoms with van der Waals surface area (Å²) in [6.45, 7) is 3.36. The second-order valence-electron chi connectivity index (χ2n) is 1.72. The van der Waals surface area contributed by atoms with Gasteiger partial charge in [-0.1, -0.05) is 17.7 Å². The van der Waals surface area contributed by atoms with Crippen molar-refractivity contribution in [2.75, 3.05) is 19.7 Å². The fourth-order valence-corrected chi connectivity index (χ4v) is 0.471. The van der Waals surface area contributed by atoms with Crippen molar-refractivity contribution in [3.63, 3.8) is 0 Å². The van der Waals surface area contributed by atoms with Gasteiger partial charge in [-0.2, -0.15) is 0 Å². The molecule has 0 aliphatic heterocycles. The average Bonchev–Trinajstić information content (AvgIpc) is 1.80. The van der Waals surface area contributed by atoms with Crippen LogP contribution < -0.4 is 5.32 Å². The number of aliphatic hydroxyl groups excluding tert-OH is 1. The van der Waals surface area contributed by atoms with E-state index in [9.17, 15) is 0 Å². The standard InChI is InChI=1S/C6H12ClNO/c1-6(7)2-3-8-4-5-9/h2,8-9H,3-5H2,1H3. The highest BCUT2D eigenvalue weighted by Crippen LogP contribution is 1.94. The second-order valence-corrected chi connectivity index (χ2v) is 2.31. The topological polar surface area (TPSA) is 32.3 Å². The Morgan fingerprint density at radius 1 is 1.78 bits per heavy atom. The van der Waals surface area contributed by atoms with Crippen LogP contribution >= 0.6 is 11.6 Å². The molecule has 9 heavy (non-hydrogen) atoms. The van der Waals surface area contributed by atoms with Gasteiger partial charge in [-0.05, 0) is 6.92 Å². The number of hydrogen-bond donors (Lipinski definition) is 2. The Morgan fingerprint density at radius 3 is 2.89 bits per heavy atom. The molecule has 0 heterocycles. The van der Waals surface area contributed by atoms with E-state index in [2.05, 4.69) is 5.32 Å². The summed E-state index contributed by atoms with van der Waals surface area (Å²) in [7, 11) is 0. The van der Waals surface area contributed by atoms with Crippen molar-refractivity contribution < 1.29 is 5.11 Å². The number of nitrogens with one attached hydrogen (secondary N) is 1. The molecule has 0 spiro atoms. The molecule has 0 aromatic heterocycles. The summed E-state index contributed by atoms with van der Waals surface area (Å²) in [6, 6.07) is 0. The van der Waals surface area contributed by atoms with Crippen molar-refractivity contribution in [2.45, 2.75) is 6.92 Å². The maximum absolute atomic E-state index is 8.32. The van der Waals surface area contributed by atoms with Crippen LogP contribution in [0.3, 0.4) is 0 Å². The number of allylic oxidation sites excluding steroid dienone is 1. The monoisotopic (exact) mass is 149 g/mol. The summed E-state index contributed by atoms with van der Waals surface area (Å²) in [5.74, 6) is 0. The second kappa shape index (κ2) is 6.08. The Kier molecular flexibility index (Phi) is 6.04. The molecule has 0 radical (unpaired) electrons. The SMILES string of the molecule is CC(Cl)=CCNCCO. The Bertz CT molecular complexity index is 89.1. The van der Waals surface area contributed by atoms with Gasteiger partial charge in [-0.3, -0.25) is 0 Å². The Balaban J connectivity index is 3.00. The molecule has 0 saturated heterocycles. The fraction of sp³-hybridized carbons (Fsp3) is 0.667. The molecule has 2 nitrogen and oxygen atoms in total. The van der Waals surface area contributed by atoms with Gasteiger partial charge >= 0.3 is 0 Å². The third-order valence-electron chi connectivity index (χ3n) is 0.816. The molecule has 0 bridgehead atoms. The van der Waals surface area contributed by atoms with E-state index in [0.717, 1.165) is 11.6 Å². The van der Waals surface area contributed by atoms with Crippen LogP contribution in [0.4, 0.5) is 0 Å². The normalized spacial score (nSPS) is 12.1. The highest BCUT2D eigenvalue weighted by molar-refractivity contribution is 6.29. The summed E-state index contributed by atoms with van der Waals surface area (Å²) in [5, 5.41) is 12.0. The van der Waals surface area contributed by atoms with E-state index >= 15 is 0 Å². The van der Waals surface area contributed by atoms with Gasteiger partial charge < -0.3 is 10.4 Å². The molecule has 0 rings (SSSR count). The predicted octanol–water partition coefficient (Wildman–Crippen LogP) is 0.711. The summed E-state index contributed by atoms with van der Waals surface area (Å²) >= 11 is 5.52. The minimum absolute atomic E-state index is 0.176. The number of rotatable bonds is 4. The molecule has 0 aliphatic rings. The molecular formula is C6H12ClNO. The van der Waals surface area contributed by atoms with Crippen molar-refractivity contribution in [1.29, 1.82) is 0 Å². The van der Waals surface area contributed by atoms with Crippen LogP contribution in [0, 0.1) is 0 Å². The quantitative estimate of drug-likeness (QED) is 0.578. The summed E-state index contributed by atoms with van der Waals surface area (Å²) in [6.07, 6.45) is 1.86. The molecule has 2 N–H and O–H groups in total. The van der Waals surface area contributed by atoms with E-state index in [4.69, 9.17) is 16.7 Å². The van der Waals surface area contributed by atoms with Crippen LogP contribution in [0.5, 0.6) is 0 Å². The average molecular weight is 150 g/mol. The molecule has 3 heteroatoms. The first-order valence-corrected chi connectivity index (χ1v) is 3.29. The van der Waals surface area contributed by atoms with Crippen LogP contribution in [-0.2, 0) is 0 Å². The lowest BCUT2D eigenvalue weighted by molar-refractivity contribution is 0.294. The van der Waals surface area contributed by atoms with Crippen LogP contribution in [-0.4, -0.2) is 24.8 Å². The zero-order valence-electron chi connectivity index (χ0n) is 5.52. The predicted molar refractivity (Wildman–Crippen MR) is 39.6 cm³/mol. The van der Waals surface area contributed by atoms with E-state index in [0.29, 0.717) is 6.54 Å². The Morgan fingerprint density at radius 2 is 2.44 bits per heavy atom. The van der Waals surface area contributed by atoms with Gasteiger partial charge in [0.1, 0.15) is 0 Å². The molecule has 0 aliphatic carbocycles. The van der Waals surface area contributed by atoms with E-state index in [1.807, 2.05) is 13.0 Å². The molecule has 0 saturated carbocycles. The van der Waals surface area contributed by atoms with Crippen LogP contribution in [0.25, 0.3) is 0 Å². The van der Waals surface area contributed by atoms with Crippen molar-refractivity contribution in [1.82, 2.24) is 5.32 Å². The van der Waals surface area contributed by atoms with E-state index in [1.54, 1.807) is 0 Å². The molecular weight excluding hydrogens is 138 g/mol. The summed E-state index contributed by atoms with van der Waals surface area (Å²) in [5.41, 5.74) is 0. The summed E-state index contributed by atoms with van der Waals surface area (Å²) in [4.78, 5) is 0. The molecule has 0 fully saturated rings. The lowest BCUT2D eigenvalue weighted by Gasteiger charge is -1.95. The number of aliphatic hydroxyl groups is 1. The Hall–Kier alpha value is -0.0500. The summed E-state index contributed by atoms with van der Waals surface area (Å²) < 4.78 is 0. The Labute approximate surface area is 60.5 Å². The van der Waals surface area contributed by atoms with Gasteiger partial charge in [0.2, 0.25) is 0 Å². The maximum Gasteiger partial charge on any atom is 0.0556 e. The van der Waals surface area contributed by atoms with Gasteiger partial charge in [0, 0.05) is 18.1 Å². The zero-order chi connectivity index (χ0) is 7.11. The third kappa shape index (κ3) is 7.95. The number of hydrogen-bond acceptors (Lipinski definition) is 2. The van der Waals surface area contributed by atoms with Gasteiger partial charge in [-0.15, -0.1) is 0 Å². The first-order chi connectivity index (χ1) is 4.27. The first-order valence-electron chi connectivity index (χ1n) is 2.91. The van der Waals surface area contributed by atoms with Crippen LogP contribution in [0.1, 0.15) is 6.92 Å². The molecule has 0 unspecified atom stereocenters. The lowest BCUT2D eigenvalue weighted by atomic mass is 10.5. The van der Waals surface area contributed by atoms with E-state index in [1.165, 1.54) is 0 Å². The van der Waals surface area contributed by atoms with Gasteiger partial charge in [0.25, 0.3) is 0 Å². The van der Waals surface area contributed by atoms with Gasteiger partial charge in [0.05, 0.1) is 6.61 Å². The number of halogens is 1. The smallest absolute Gasteiger partial charge is 0.0556 e. The minimum Gasteiger partial charge on any atom is -0.395 e. The van der Waals surface area contributed by atoms with Crippen LogP contribution in [0.15, 0.2) is 11.1 Å². The zero-order valence-corrected chi connectivity index (χ0v) is 6.28. The lowest BCUT2D eigenvalue weighted by Crippen LogP contribution is -2.17. The highest BCUT2D eigenvalue weighted by atomic mass is 35.5. The molecule has 0 atom stereocenters. The van der Waals surface area contributed by atoms with Crippen molar-refractivity contribution in [3.05, 3.63) is 11.1 Å². The van der Waals surface area contributed by atoms with Gasteiger partial charge in [-0.25, -0.2) is 0 Å². The van der Waals surface area contributed by atoms with Crippen molar-refractivity contribution in [3.8, 4) is 0 Å². The minimum atomic E-state index is 0.176. The maximum atomic E-state index is 8.32. The molecule has 0 amide bonds. The van der Waals surface area contributed by atoms with E-state index < -0.39 is 0 Å². The first kappa shape index (κ1) is 8.95. The fourth-order valence-electron chi connectivity index (χ4n) is 0.394. The third-order valence-corrected chi connectivity index (χ3v) is 0.971.